The second kappa shape index (κ2) is 7.99. The van der Waals surface area contributed by atoms with E-state index in [9.17, 15) is 0 Å². The van der Waals surface area contributed by atoms with E-state index < -0.39 is 0 Å². The van der Waals surface area contributed by atoms with Crippen LogP contribution in [0.3, 0.4) is 0 Å². The van der Waals surface area contributed by atoms with E-state index in [0.717, 1.165) is 49.9 Å². The van der Waals surface area contributed by atoms with E-state index in [1.54, 1.807) is 0 Å². The molecule has 0 spiro atoms. The molecule has 0 bridgehead atoms. The molecule has 0 amide bonds. The maximum Gasteiger partial charge on any atom is 0.147 e. The van der Waals surface area contributed by atoms with Gasteiger partial charge in [-0.05, 0) is 52.0 Å². The molecule has 3 rings (SSSR count). The van der Waals surface area contributed by atoms with Crippen molar-refractivity contribution in [3.63, 3.8) is 0 Å². The number of imidazole rings is 1. The number of nitrogens with zero attached hydrogens (tertiary/aromatic N) is 5. The minimum absolute atomic E-state index is 0.436. The van der Waals surface area contributed by atoms with E-state index in [2.05, 4.69) is 44.6 Å². The number of anilines is 1. The first-order valence-corrected chi connectivity index (χ1v) is 9.04. The molecule has 6 heteroatoms. The lowest BCUT2D eigenvalue weighted by Gasteiger charge is -2.34. The van der Waals surface area contributed by atoms with Crippen LogP contribution in [0.15, 0.2) is 30.7 Å². The van der Waals surface area contributed by atoms with Crippen LogP contribution in [-0.4, -0.2) is 53.2 Å². The third-order valence-electron chi connectivity index (χ3n) is 4.58. The highest BCUT2D eigenvalue weighted by molar-refractivity contribution is 6.32. The van der Waals surface area contributed by atoms with Gasteiger partial charge in [-0.25, -0.2) is 9.97 Å². The van der Waals surface area contributed by atoms with Crippen molar-refractivity contribution < 1.29 is 0 Å². The van der Waals surface area contributed by atoms with Crippen LogP contribution in [0.4, 0.5) is 5.82 Å². The summed E-state index contributed by atoms with van der Waals surface area (Å²) in [6.45, 7) is 4.06. The Bertz CT molecular complexity index is 654. The molecule has 0 radical (unpaired) electrons. The van der Waals surface area contributed by atoms with Gasteiger partial charge in [-0.15, -0.1) is 0 Å². The Morgan fingerprint density at radius 2 is 2.17 bits per heavy atom. The van der Waals surface area contributed by atoms with Gasteiger partial charge in [0.15, 0.2) is 0 Å². The van der Waals surface area contributed by atoms with Crippen molar-refractivity contribution >= 4 is 17.4 Å². The topological polar surface area (TPSA) is 37.2 Å². The third-order valence-corrected chi connectivity index (χ3v) is 4.87. The van der Waals surface area contributed by atoms with Gasteiger partial charge in [0.1, 0.15) is 11.6 Å². The zero-order valence-corrected chi connectivity index (χ0v) is 15.3. The SMILES string of the molecule is CN(C)CCCn1ccnc1[C@@H]1CCCN(c2ncccc2Cl)C1. The Hall–Kier alpha value is -1.59. The number of aromatic nitrogens is 3. The standard InChI is InChI=1S/C18H26ClN5/c1-22(2)10-5-12-23-13-9-21-17(23)15-6-4-11-24(14-15)18-16(19)7-3-8-20-18/h3,7-9,13,15H,4-6,10-12,14H2,1-2H3/t15-/m1/s1. The van der Waals surface area contributed by atoms with Gasteiger partial charge < -0.3 is 14.4 Å². The van der Waals surface area contributed by atoms with Gasteiger partial charge >= 0.3 is 0 Å². The molecule has 1 aliphatic heterocycles. The summed E-state index contributed by atoms with van der Waals surface area (Å²) in [4.78, 5) is 13.7. The molecule has 2 aromatic heterocycles. The Labute approximate surface area is 149 Å². The molecule has 24 heavy (non-hydrogen) atoms. The highest BCUT2D eigenvalue weighted by Gasteiger charge is 2.26. The predicted molar refractivity (Wildman–Crippen MR) is 98.8 cm³/mol. The van der Waals surface area contributed by atoms with Crippen LogP contribution < -0.4 is 4.90 Å². The Kier molecular flexibility index (Phi) is 5.74. The molecule has 0 aromatic carbocycles. The van der Waals surface area contributed by atoms with Crippen LogP contribution in [0.5, 0.6) is 0 Å². The molecule has 1 aliphatic rings. The van der Waals surface area contributed by atoms with Gasteiger partial charge in [-0.2, -0.15) is 0 Å². The monoisotopic (exact) mass is 347 g/mol. The average molecular weight is 348 g/mol. The van der Waals surface area contributed by atoms with Crippen molar-refractivity contribution in [3.05, 3.63) is 41.6 Å². The van der Waals surface area contributed by atoms with Crippen LogP contribution in [0.2, 0.25) is 5.02 Å². The van der Waals surface area contributed by atoms with Gasteiger partial charge in [0, 0.05) is 44.1 Å². The van der Waals surface area contributed by atoms with E-state index in [1.807, 2.05) is 24.5 Å². The zero-order valence-electron chi connectivity index (χ0n) is 14.5. The molecule has 2 aromatic rings. The summed E-state index contributed by atoms with van der Waals surface area (Å²) in [6.07, 6.45) is 9.30. The van der Waals surface area contributed by atoms with Crippen molar-refractivity contribution in [2.75, 3.05) is 38.6 Å². The van der Waals surface area contributed by atoms with Gasteiger partial charge in [0.05, 0.1) is 5.02 Å². The maximum atomic E-state index is 6.33. The van der Waals surface area contributed by atoms with E-state index in [0.29, 0.717) is 5.92 Å². The third kappa shape index (κ3) is 4.08. The quantitative estimate of drug-likeness (QED) is 0.803. The van der Waals surface area contributed by atoms with Crippen molar-refractivity contribution in [2.24, 2.45) is 0 Å². The lowest BCUT2D eigenvalue weighted by Crippen LogP contribution is -2.36. The molecule has 0 aliphatic carbocycles. The number of hydrogen-bond donors (Lipinski definition) is 0. The van der Waals surface area contributed by atoms with Crippen molar-refractivity contribution in [2.45, 2.75) is 31.7 Å². The van der Waals surface area contributed by atoms with E-state index >= 15 is 0 Å². The van der Waals surface area contributed by atoms with Crippen LogP contribution in [0.1, 0.15) is 31.0 Å². The molecule has 1 saturated heterocycles. The molecule has 1 atom stereocenters. The summed E-state index contributed by atoms with van der Waals surface area (Å²) in [5.74, 6) is 2.53. The van der Waals surface area contributed by atoms with Gasteiger partial charge in [-0.3, -0.25) is 0 Å². The highest BCUT2D eigenvalue weighted by Crippen LogP contribution is 2.31. The molecule has 3 heterocycles. The van der Waals surface area contributed by atoms with Gasteiger partial charge in [0.2, 0.25) is 0 Å². The van der Waals surface area contributed by atoms with E-state index in [1.165, 1.54) is 12.2 Å². The minimum atomic E-state index is 0.436. The molecular formula is C18H26ClN5. The summed E-state index contributed by atoms with van der Waals surface area (Å²) < 4.78 is 2.32. The Morgan fingerprint density at radius 1 is 1.29 bits per heavy atom. The number of halogens is 1. The van der Waals surface area contributed by atoms with Crippen molar-refractivity contribution in [1.29, 1.82) is 0 Å². The second-order valence-electron chi connectivity index (χ2n) is 6.73. The van der Waals surface area contributed by atoms with Crippen LogP contribution in [0.25, 0.3) is 0 Å². The summed E-state index contributed by atoms with van der Waals surface area (Å²) >= 11 is 6.33. The normalized spacial score (nSPS) is 18.3. The van der Waals surface area contributed by atoms with E-state index in [-0.39, 0.29) is 0 Å². The number of aryl methyl sites for hydroxylation is 1. The first-order valence-electron chi connectivity index (χ1n) is 8.66. The molecule has 0 N–H and O–H groups in total. The number of piperidine rings is 1. The molecule has 1 fully saturated rings. The van der Waals surface area contributed by atoms with Crippen molar-refractivity contribution in [1.82, 2.24) is 19.4 Å². The number of hydrogen-bond acceptors (Lipinski definition) is 4. The minimum Gasteiger partial charge on any atom is -0.355 e. The Balaban J connectivity index is 1.69. The van der Waals surface area contributed by atoms with E-state index in [4.69, 9.17) is 11.6 Å². The fourth-order valence-corrected chi connectivity index (χ4v) is 3.66. The van der Waals surface area contributed by atoms with Crippen LogP contribution in [-0.2, 0) is 6.54 Å². The lowest BCUT2D eigenvalue weighted by atomic mass is 9.97. The highest BCUT2D eigenvalue weighted by atomic mass is 35.5. The summed E-state index contributed by atoms with van der Waals surface area (Å²) in [6, 6.07) is 3.79. The summed E-state index contributed by atoms with van der Waals surface area (Å²) in [7, 11) is 4.23. The molecule has 130 valence electrons. The molecule has 0 saturated carbocycles. The second-order valence-corrected chi connectivity index (χ2v) is 7.14. The van der Waals surface area contributed by atoms with Crippen molar-refractivity contribution in [3.8, 4) is 0 Å². The van der Waals surface area contributed by atoms with Crippen LogP contribution >= 0.6 is 11.6 Å². The number of pyridine rings is 1. The van der Waals surface area contributed by atoms with Gasteiger partial charge in [0.25, 0.3) is 0 Å². The van der Waals surface area contributed by atoms with Gasteiger partial charge in [-0.1, -0.05) is 11.6 Å². The number of rotatable bonds is 6. The zero-order chi connectivity index (χ0) is 16.9. The molecule has 5 nitrogen and oxygen atoms in total. The molecular weight excluding hydrogens is 322 g/mol. The lowest BCUT2D eigenvalue weighted by molar-refractivity contribution is 0.380. The largest absolute Gasteiger partial charge is 0.355 e. The smallest absolute Gasteiger partial charge is 0.147 e. The predicted octanol–water partition coefficient (Wildman–Crippen LogP) is 3.27. The fourth-order valence-electron chi connectivity index (χ4n) is 3.42. The first-order chi connectivity index (χ1) is 11.6. The first kappa shape index (κ1) is 17.2. The summed E-state index contributed by atoms with van der Waals surface area (Å²) in [5, 5.41) is 0.729. The van der Waals surface area contributed by atoms with Crippen LogP contribution in [0, 0.1) is 0 Å². The average Bonchev–Trinajstić information content (AvgIpc) is 3.03. The Morgan fingerprint density at radius 3 is 2.96 bits per heavy atom. The fraction of sp³-hybridized carbons (Fsp3) is 0.556. The summed E-state index contributed by atoms with van der Waals surface area (Å²) in [5.41, 5.74) is 0. The maximum absolute atomic E-state index is 6.33. The molecule has 0 unspecified atom stereocenters.